The second-order valence-electron chi connectivity index (χ2n) is 10.6. The average Bonchev–Trinajstić information content (AvgIpc) is 3.77. The predicted molar refractivity (Wildman–Crippen MR) is 173 cm³/mol. The second-order valence-corrected chi connectivity index (χ2v) is 14.1. The van der Waals surface area contributed by atoms with Crippen LogP contribution in [-0.2, 0) is 41.4 Å². The van der Waals surface area contributed by atoms with Crippen molar-refractivity contribution in [2.45, 2.75) is 68.0 Å². The van der Waals surface area contributed by atoms with Crippen molar-refractivity contribution in [2.75, 3.05) is 11.9 Å². The number of nitrogens with zero attached hydrogens (tertiary/aromatic N) is 4. The second kappa shape index (κ2) is 13.4. The van der Waals surface area contributed by atoms with Crippen LogP contribution in [0.1, 0.15) is 32.9 Å². The number of carbonyl (C=O) groups is 2. The summed E-state index contributed by atoms with van der Waals surface area (Å²) in [6.07, 6.45) is 1.96. The Morgan fingerprint density at radius 3 is 2.89 bits per heavy atom. The molecule has 0 spiro atoms. The lowest BCUT2D eigenvalue weighted by molar-refractivity contribution is -0.163. The van der Waals surface area contributed by atoms with E-state index < -0.39 is 34.4 Å². The predicted octanol–water partition coefficient (Wildman–Crippen LogP) is 4.42. The molecule has 46 heavy (non-hydrogen) atoms. The molecule has 3 aromatic heterocycles. The molecule has 2 N–H and O–H groups in total. The van der Waals surface area contributed by atoms with Crippen molar-refractivity contribution >= 4 is 66.7 Å². The van der Waals surface area contributed by atoms with Gasteiger partial charge in [0, 0.05) is 54.5 Å². The summed E-state index contributed by atoms with van der Waals surface area (Å²) in [6, 6.07) is 11.2. The van der Waals surface area contributed by atoms with E-state index in [1.165, 1.54) is 25.1 Å². The van der Waals surface area contributed by atoms with Gasteiger partial charge in [-0.25, -0.2) is 23.1 Å². The van der Waals surface area contributed by atoms with Crippen LogP contribution in [0.5, 0.6) is 5.75 Å². The number of thioether (sulfide) groups is 1. The van der Waals surface area contributed by atoms with Crippen molar-refractivity contribution in [3.05, 3.63) is 65.9 Å². The standard InChI is InChI=1S/C30H32N6O7S3/c1-4-41-28-23(14-27(38)43-28)34-46(39,40)26-10-9-20(32-19(3)37)13-25(26)42-18(2)15-36-24-8-6-5-7-22(24)33-30(36)45-17-21-16-44-29-31-11-12-35(21)29/h5-13,16,18,23,28,34H,4,14-15,17H2,1-3H3,(H,32,37)/t18-,23?,28?/m1/s1. The first-order chi connectivity index (χ1) is 22.1. The number of ether oxygens (including phenoxy) is 3. The van der Waals surface area contributed by atoms with E-state index in [4.69, 9.17) is 19.2 Å². The minimum atomic E-state index is -4.22. The van der Waals surface area contributed by atoms with Gasteiger partial charge in [0.2, 0.25) is 22.2 Å². The molecule has 0 aliphatic carbocycles. The zero-order valence-corrected chi connectivity index (χ0v) is 27.7. The van der Waals surface area contributed by atoms with Gasteiger partial charge in [-0.1, -0.05) is 23.9 Å². The molecule has 0 radical (unpaired) electrons. The molecule has 0 saturated carbocycles. The summed E-state index contributed by atoms with van der Waals surface area (Å²) in [7, 11) is -4.22. The number of hydrogen-bond acceptors (Lipinski definition) is 11. The number of hydrogen-bond donors (Lipinski definition) is 2. The van der Waals surface area contributed by atoms with Gasteiger partial charge in [-0.05, 0) is 38.1 Å². The average molecular weight is 685 g/mol. The van der Waals surface area contributed by atoms with Crippen LogP contribution in [0.25, 0.3) is 16.0 Å². The van der Waals surface area contributed by atoms with E-state index >= 15 is 0 Å². The lowest BCUT2D eigenvalue weighted by Gasteiger charge is -2.22. The molecule has 2 unspecified atom stereocenters. The number of carbonyl (C=O) groups excluding carboxylic acids is 2. The number of rotatable bonds is 13. The molecule has 1 aliphatic rings. The van der Waals surface area contributed by atoms with Crippen molar-refractivity contribution in [1.29, 1.82) is 0 Å². The molecule has 2 aromatic carbocycles. The largest absolute Gasteiger partial charge is 0.487 e. The molecular formula is C30H32N6O7S3. The van der Waals surface area contributed by atoms with Crippen LogP contribution in [0, 0.1) is 0 Å². The van der Waals surface area contributed by atoms with Crippen LogP contribution in [0.15, 0.2) is 70.3 Å². The molecule has 0 bridgehead atoms. The number of amides is 1. The van der Waals surface area contributed by atoms with Crippen LogP contribution >= 0.6 is 23.1 Å². The Balaban J connectivity index is 1.27. The molecule has 1 aliphatic heterocycles. The molecule has 4 heterocycles. The molecule has 6 rings (SSSR count). The van der Waals surface area contributed by atoms with Gasteiger partial charge in [-0.3, -0.25) is 14.0 Å². The number of anilines is 1. The van der Waals surface area contributed by atoms with E-state index in [0.29, 0.717) is 18.0 Å². The number of para-hydroxylation sites is 2. The topological polar surface area (TPSA) is 155 Å². The third kappa shape index (κ3) is 6.90. The Labute approximate surface area is 273 Å². The van der Waals surface area contributed by atoms with Crippen LogP contribution in [0.4, 0.5) is 5.69 Å². The summed E-state index contributed by atoms with van der Waals surface area (Å²) < 4.78 is 50.9. The number of nitrogens with one attached hydrogen (secondary N) is 2. The van der Waals surface area contributed by atoms with Crippen molar-refractivity contribution in [3.8, 4) is 5.75 Å². The van der Waals surface area contributed by atoms with Gasteiger partial charge >= 0.3 is 5.97 Å². The Hall–Kier alpha value is -3.96. The molecule has 13 nitrogen and oxygen atoms in total. The number of benzene rings is 2. The number of thiazole rings is 1. The van der Waals surface area contributed by atoms with E-state index in [-0.39, 0.29) is 29.6 Å². The van der Waals surface area contributed by atoms with Crippen molar-refractivity contribution in [2.24, 2.45) is 0 Å². The molecule has 242 valence electrons. The molecular weight excluding hydrogens is 653 g/mol. The molecule has 1 saturated heterocycles. The van der Waals surface area contributed by atoms with Crippen LogP contribution in [-0.4, -0.2) is 64.3 Å². The zero-order chi connectivity index (χ0) is 32.4. The minimum Gasteiger partial charge on any atom is -0.487 e. The maximum Gasteiger partial charge on any atom is 0.310 e. The van der Waals surface area contributed by atoms with Gasteiger partial charge in [0.05, 0.1) is 30.0 Å². The SMILES string of the molecule is CCOC1OC(=O)CC1NS(=O)(=O)c1ccc(NC(C)=O)cc1O[C@H](C)Cn1c(SCc2csc3nccn23)nc2ccccc21. The Kier molecular flexibility index (Phi) is 9.33. The highest BCUT2D eigenvalue weighted by Crippen LogP contribution is 2.32. The van der Waals surface area contributed by atoms with Crippen molar-refractivity contribution in [3.63, 3.8) is 0 Å². The summed E-state index contributed by atoms with van der Waals surface area (Å²) in [5, 5.41) is 5.54. The fraction of sp³-hybridized carbons (Fsp3) is 0.333. The molecule has 1 amide bonds. The smallest absolute Gasteiger partial charge is 0.310 e. The normalized spacial score (nSPS) is 17.4. The first kappa shape index (κ1) is 32.0. The number of esters is 1. The third-order valence-corrected chi connectivity index (χ3v) is 10.5. The van der Waals surface area contributed by atoms with Crippen molar-refractivity contribution in [1.82, 2.24) is 23.7 Å². The number of sulfonamides is 1. The molecule has 16 heteroatoms. The van der Waals surface area contributed by atoms with Crippen LogP contribution in [0.2, 0.25) is 0 Å². The first-order valence-electron chi connectivity index (χ1n) is 14.5. The van der Waals surface area contributed by atoms with Gasteiger partial charge in [-0.2, -0.15) is 0 Å². The number of aromatic nitrogens is 4. The highest BCUT2D eigenvalue weighted by Gasteiger charge is 2.39. The summed E-state index contributed by atoms with van der Waals surface area (Å²) in [5.74, 6) is -0.187. The maximum atomic E-state index is 13.7. The summed E-state index contributed by atoms with van der Waals surface area (Å²) in [6.45, 7) is 5.50. The number of imidazole rings is 2. The van der Waals surface area contributed by atoms with Gasteiger partial charge in [0.1, 0.15) is 16.7 Å². The fourth-order valence-corrected chi connectivity index (χ4v) is 8.47. The van der Waals surface area contributed by atoms with Gasteiger partial charge in [0.25, 0.3) is 0 Å². The lowest BCUT2D eigenvalue weighted by Crippen LogP contribution is -2.41. The number of fused-ring (bicyclic) bond motifs is 2. The van der Waals surface area contributed by atoms with E-state index in [2.05, 4.69) is 29.4 Å². The van der Waals surface area contributed by atoms with Crippen molar-refractivity contribution < 1.29 is 32.2 Å². The van der Waals surface area contributed by atoms with E-state index in [1.54, 1.807) is 36.2 Å². The van der Waals surface area contributed by atoms with Crippen LogP contribution in [0.3, 0.4) is 0 Å². The first-order valence-corrected chi connectivity index (χ1v) is 17.9. The molecule has 3 atom stereocenters. The molecule has 1 fully saturated rings. The van der Waals surface area contributed by atoms with Crippen LogP contribution < -0.4 is 14.8 Å². The summed E-state index contributed by atoms with van der Waals surface area (Å²) in [4.78, 5) is 33.7. The van der Waals surface area contributed by atoms with E-state index in [9.17, 15) is 18.0 Å². The Morgan fingerprint density at radius 2 is 2.09 bits per heavy atom. The molecule has 5 aromatic rings. The summed E-state index contributed by atoms with van der Waals surface area (Å²) in [5.41, 5.74) is 3.20. The minimum absolute atomic E-state index is 0.0313. The lowest BCUT2D eigenvalue weighted by atomic mass is 10.2. The number of cyclic esters (lactones) is 1. The zero-order valence-electron chi connectivity index (χ0n) is 25.2. The highest BCUT2D eigenvalue weighted by molar-refractivity contribution is 7.98. The highest BCUT2D eigenvalue weighted by atomic mass is 32.2. The van der Waals surface area contributed by atoms with Gasteiger partial charge in [0.15, 0.2) is 10.1 Å². The monoisotopic (exact) mass is 684 g/mol. The van der Waals surface area contributed by atoms with Gasteiger partial charge < -0.3 is 24.1 Å². The van der Waals surface area contributed by atoms with E-state index in [0.717, 1.165) is 26.8 Å². The maximum absolute atomic E-state index is 13.7. The third-order valence-electron chi connectivity index (χ3n) is 7.11. The van der Waals surface area contributed by atoms with Gasteiger partial charge in [-0.15, -0.1) is 11.3 Å². The Morgan fingerprint density at radius 1 is 1.26 bits per heavy atom. The summed E-state index contributed by atoms with van der Waals surface area (Å²) >= 11 is 3.16. The van der Waals surface area contributed by atoms with E-state index in [1.807, 2.05) is 37.4 Å². The fourth-order valence-electron chi connectivity index (χ4n) is 5.18. The Bertz CT molecular complexity index is 2000. The quantitative estimate of drug-likeness (QED) is 0.135.